The molecule has 1 saturated heterocycles. The summed E-state index contributed by atoms with van der Waals surface area (Å²) in [7, 11) is 0. The first kappa shape index (κ1) is 10.9. The van der Waals surface area contributed by atoms with Gasteiger partial charge in [-0.3, -0.25) is 9.89 Å². The molecule has 0 bridgehead atoms. The topological polar surface area (TPSA) is 74.8 Å². The summed E-state index contributed by atoms with van der Waals surface area (Å²) in [6.07, 6.45) is 6.75. The minimum atomic E-state index is -0.0198. The molecule has 1 aliphatic heterocycles. The van der Waals surface area contributed by atoms with Gasteiger partial charge in [0.1, 0.15) is 12.0 Å². The summed E-state index contributed by atoms with van der Waals surface area (Å²) >= 11 is 0. The van der Waals surface area contributed by atoms with E-state index in [-0.39, 0.29) is 11.9 Å². The predicted octanol–water partition coefficient (Wildman–Crippen LogP) is 1.18. The molecule has 0 aliphatic carbocycles. The molecular weight excluding hydrogens is 230 g/mol. The molecule has 1 fully saturated rings. The van der Waals surface area contributed by atoms with E-state index in [9.17, 15) is 4.79 Å². The Morgan fingerprint density at radius 3 is 3.06 bits per heavy atom. The van der Waals surface area contributed by atoms with Crippen molar-refractivity contribution in [2.75, 3.05) is 6.54 Å². The van der Waals surface area contributed by atoms with E-state index in [2.05, 4.69) is 20.2 Å². The third-order valence-corrected chi connectivity index (χ3v) is 3.19. The number of rotatable bonds is 2. The van der Waals surface area contributed by atoms with Gasteiger partial charge in [0.25, 0.3) is 5.91 Å². The third kappa shape index (κ3) is 1.85. The number of hydrogen-bond donors (Lipinski definition) is 1. The molecular formula is C12H13N5O. The SMILES string of the molecule is O=C(c1ccn[nH]1)N1CCCC1c1ccncn1. The number of amides is 1. The van der Waals surface area contributed by atoms with Gasteiger partial charge >= 0.3 is 0 Å². The van der Waals surface area contributed by atoms with Gasteiger partial charge in [0.2, 0.25) is 0 Å². The second kappa shape index (κ2) is 4.56. The van der Waals surface area contributed by atoms with Crippen LogP contribution in [0.3, 0.4) is 0 Å². The van der Waals surface area contributed by atoms with E-state index in [1.54, 1.807) is 18.5 Å². The molecule has 3 rings (SSSR count). The maximum atomic E-state index is 12.3. The van der Waals surface area contributed by atoms with Crippen LogP contribution in [0.15, 0.2) is 30.9 Å². The third-order valence-electron chi connectivity index (χ3n) is 3.19. The number of nitrogens with zero attached hydrogens (tertiary/aromatic N) is 4. The quantitative estimate of drug-likeness (QED) is 0.859. The Hall–Kier alpha value is -2.24. The molecule has 6 nitrogen and oxygen atoms in total. The summed E-state index contributed by atoms with van der Waals surface area (Å²) in [5.41, 5.74) is 1.42. The normalized spacial score (nSPS) is 19.1. The van der Waals surface area contributed by atoms with Gasteiger partial charge in [-0.15, -0.1) is 0 Å². The fraction of sp³-hybridized carbons (Fsp3) is 0.333. The van der Waals surface area contributed by atoms with Crippen LogP contribution in [0.2, 0.25) is 0 Å². The molecule has 1 unspecified atom stereocenters. The van der Waals surface area contributed by atoms with Crippen molar-refractivity contribution in [1.29, 1.82) is 0 Å². The molecule has 1 atom stereocenters. The molecule has 1 amide bonds. The van der Waals surface area contributed by atoms with E-state index in [0.29, 0.717) is 5.69 Å². The van der Waals surface area contributed by atoms with Crippen molar-refractivity contribution in [2.24, 2.45) is 0 Å². The standard InChI is InChI=1S/C12H13N5O/c18-12(10-4-6-15-16-10)17-7-1-2-11(17)9-3-5-13-8-14-9/h3-6,8,11H,1-2,7H2,(H,15,16). The molecule has 1 N–H and O–H groups in total. The van der Waals surface area contributed by atoms with Crippen LogP contribution >= 0.6 is 0 Å². The van der Waals surface area contributed by atoms with Crippen LogP contribution in [0.4, 0.5) is 0 Å². The Balaban J connectivity index is 1.86. The van der Waals surface area contributed by atoms with Crippen LogP contribution in [0.5, 0.6) is 0 Å². The predicted molar refractivity (Wildman–Crippen MR) is 63.6 cm³/mol. The largest absolute Gasteiger partial charge is 0.329 e. The van der Waals surface area contributed by atoms with Gasteiger partial charge in [-0.25, -0.2) is 9.97 Å². The van der Waals surface area contributed by atoms with E-state index in [4.69, 9.17) is 0 Å². The lowest BCUT2D eigenvalue weighted by Gasteiger charge is -2.23. The van der Waals surface area contributed by atoms with Crippen molar-refractivity contribution in [3.8, 4) is 0 Å². The molecule has 0 radical (unpaired) electrons. The zero-order chi connectivity index (χ0) is 12.4. The molecule has 1 aliphatic rings. The van der Waals surface area contributed by atoms with Gasteiger partial charge in [-0.1, -0.05) is 0 Å². The highest BCUT2D eigenvalue weighted by atomic mass is 16.2. The van der Waals surface area contributed by atoms with Gasteiger partial charge in [0, 0.05) is 18.9 Å². The van der Waals surface area contributed by atoms with Crippen LogP contribution in [0.25, 0.3) is 0 Å². The zero-order valence-corrected chi connectivity index (χ0v) is 9.78. The Labute approximate surface area is 104 Å². The summed E-state index contributed by atoms with van der Waals surface area (Å²) in [6.45, 7) is 0.756. The van der Waals surface area contributed by atoms with Crippen LogP contribution < -0.4 is 0 Å². The van der Waals surface area contributed by atoms with Crippen LogP contribution in [0, 0.1) is 0 Å². The fourth-order valence-electron chi connectivity index (χ4n) is 2.35. The molecule has 92 valence electrons. The second-order valence-electron chi connectivity index (χ2n) is 4.26. The minimum Gasteiger partial charge on any atom is -0.329 e. The number of hydrogen-bond acceptors (Lipinski definition) is 4. The minimum absolute atomic E-state index is 0.0198. The zero-order valence-electron chi connectivity index (χ0n) is 9.78. The number of nitrogens with one attached hydrogen (secondary N) is 1. The van der Waals surface area contributed by atoms with Gasteiger partial charge < -0.3 is 4.90 Å². The Morgan fingerprint density at radius 1 is 1.39 bits per heavy atom. The molecule has 2 aromatic rings. The van der Waals surface area contributed by atoms with E-state index in [1.165, 1.54) is 6.33 Å². The van der Waals surface area contributed by atoms with Gasteiger partial charge in [0.15, 0.2) is 0 Å². The van der Waals surface area contributed by atoms with Crippen molar-refractivity contribution >= 4 is 5.91 Å². The van der Waals surface area contributed by atoms with Crippen molar-refractivity contribution in [1.82, 2.24) is 25.1 Å². The highest BCUT2D eigenvalue weighted by molar-refractivity contribution is 5.92. The average Bonchev–Trinajstić information content (AvgIpc) is 3.10. The lowest BCUT2D eigenvalue weighted by molar-refractivity contribution is 0.0727. The molecule has 0 aromatic carbocycles. The number of aromatic nitrogens is 4. The average molecular weight is 243 g/mol. The lowest BCUT2D eigenvalue weighted by Crippen LogP contribution is -2.31. The highest BCUT2D eigenvalue weighted by Gasteiger charge is 2.31. The summed E-state index contributed by atoms with van der Waals surface area (Å²) in [5, 5.41) is 6.53. The van der Waals surface area contributed by atoms with E-state index in [0.717, 1.165) is 25.1 Å². The maximum Gasteiger partial charge on any atom is 0.272 e. The fourth-order valence-corrected chi connectivity index (χ4v) is 2.35. The molecule has 3 heterocycles. The Bertz CT molecular complexity index is 525. The number of aromatic amines is 1. The lowest BCUT2D eigenvalue weighted by atomic mass is 10.1. The number of carbonyl (C=O) groups excluding carboxylic acids is 1. The molecule has 2 aromatic heterocycles. The first-order valence-electron chi connectivity index (χ1n) is 5.92. The summed E-state index contributed by atoms with van der Waals surface area (Å²) in [4.78, 5) is 22.3. The first-order chi connectivity index (χ1) is 8.86. The summed E-state index contributed by atoms with van der Waals surface area (Å²) in [5.74, 6) is -0.0198. The first-order valence-corrected chi connectivity index (χ1v) is 5.92. The van der Waals surface area contributed by atoms with Gasteiger partial charge in [0.05, 0.1) is 11.7 Å². The summed E-state index contributed by atoms with van der Waals surface area (Å²) < 4.78 is 0. The van der Waals surface area contributed by atoms with Crippen molar-refractivity contribution in [3.63, 3.8) is 0 Å². The van der Waals surface area contributed by atoms with Gasteiger partial charge in [-0.2, -0.15) is 5.10 Å². The van der Waals surface area contributed by atoms with Crippen LogP contribution in [-0.2, 0) is 0 Å². The van der Waals surface area contributed by atoms with Crippen molar-refractivity contribution in [2.45, 2.75) is 18.9 Å². The second-order valence-corrected chi connectivity index (χ2v) is 4.26. The van der Waals surface area contributed by atoms with Crippen LogP contribution in [0.1, 0.15) is 35.1 Å². The molecule has 0 spiro atoms. The summed E-state index contributed by atoms with van der Waals surface area (Å²) in [6, 6.07) is 3.60. The smallest absolute Gasteiger partial charge is 0.272 e. The van der Waals surface area contributed by atoms with Crippen LogP contribution in [-0.4, -0.2) is 37.5 Å². The van der Waals surface area contributed by atoms with Gasteiger partial charge in [-0.05, 0) is 25.0 Å². The number of carbonyl (C=O) groups is 1. The molecule has 0 saturated carbocycles. The van der Waals surface area contributed by atoms with E-state index < -0.39 is 0 Å². The monoisotopic (exact) mass is 243 g/mol. The van der Waals surface area contributed by atoms with E-state index in [1.807, 2.05) is 11.0 Å². The molecule has 6 heteroatoms. The van der Waals surface area contributed by atoms with Crippen molar-refractivity contribution in [3.05, 3.63) is 42.2 Å². The molecule has 18 heavy (non-hydrogen) atoms. The Morgan fingerprint density at radius 2 is 2.33 bits per heavy atom. The number of likely N-dealkylation sites (tertiary alicyclic amines) is 1. The van der Waals surface area contributed by atoms with Crippen molar-refractivity contribution < 1.29 is 4.79 Å². The highest BCUT2D eigenvalue weighted by Crippen LogP contribution is 2.31. The number of H-pyrrole nitrogens is 1. The maximum absolute atomic E-state index is 12.3. The van der Waals surface area contributed by atoms with E-state index >= 15 is 0 Å². The Kier molecular flexibility index (Phi) is 2.76.